The third-order valence-electron chi connectivity index (χ3n) is 3.76. The van der Waals surface area contributed by atoms with E-state index in [4.69, 9.17) is 0 Å². The number of alkyl halides is 5. The lowest BCUT2D eigenvalue weighted by atomic mass is 10.2. The van der Waals surface area contributed by atoms with E-state index < -0.39 is 18.5 Å². The van der Waals surface area contributed by atoms with Gasteiger partial charge in [-0.3, -0.25) is 9.38 Å². The van der Waals surface area contributed by atoms with Crippen LogP contribution in [-0.4, -0.2) is 26.0 Å². The zero-order valence-electron chi connectivity index (χ0n) is 14.2. The Bertz CT molecular complexity index is 1140. The van der Waals surface area contributed by atoms with E-state index in [1.807, 2.05) is 0 Å². The number of hydrogen-bond acceptors (Lipinski definition) is 6. The molecule has 1 aromatic carbocycles. The molecule has 0 atom stereocenters. The molecule has 0 aliphatic carbocycles. The Labute approximate surface area is 163 Å². The normalized spacial score (nSPS) is 11.9. The average molecular weight is 427 g/mol. The molecule has 6 nitrogen and oxygen atoms in total. The second-order valence-corrected chi connectivity index (χ2v) is 6.55. The maximum atomic E-state index is 13.4. The number of rotatable bonds is 5. The number of benzene rings is 1. The Morgan fingerprint density at radius 2 is 1.83 bits per heavy atom. The zero-order chi connectivity index (χ0) is 20.6. The molecule has 3 heterocycles. The van der Waals surface area contributed by atoms with Crippen molar-refractivity contribution in [3.8, 4) is 17.1 Å². The average Bonchev–Trinajstić information content (AvgIpc) is 3.24. The van der Waals surface area contributed by atoms with Crippen LogP contribution in [0.4, 0.5) is 33.5 Å². The van der Waals surface area contributed by atoms with Gasteiger partial charge in [-0.15, -0.1) is 11.3 Å². The SMILES string of the molecule is FC(F)Oc1ccc(Nc2cncc(-c3c(C(F)(F)F)nc4sccn34)n2)cc1. The summed E-state index contributed by atoms with van der Waals surface area (Å²) < 4.78 is 70.3. The molecule has 0 aliphatic rings. The van der Waals surface area contributed by atoms with Crippen molar-refractivity contribution >= 4 is 27.8 Å². The van der Waals surface area contributed by atoms with Crippen molar-refractivity contribution in [3.05, 3.63) is 53.9 Å². The highest BCUT2D eigenvalue weighted by molar-refractivity contribution is 7.15. The summed E-state index contributed by atoms with van der Waals surface area (Å²) in [5.41, 5.74) is -0.830. The highest BCUT2D eigenvalue weighted by Crippen LogP contribution is 2.37. The van der Waals surface area contributed by atoms with E-state index in [-0.39, 0.29) is 27.9 Å². The van der Waals surface area contributed by atoms with Gasteiger partial charge in [0.25, 0.3) is 0 Å². The first-order valence-corrected chi connectivity index (χ1v) is 8.86. The molecule has 150 valence electrons. The Morgan fingerprint density at radius 3 is 2.52 bits per heavy atom. The number of ether oxygens (including phenoxy) is 1. The van der Waals surface area contributed by atoms with Crippen LogP contribution in [0.5, 0.6) is 5.75 Å². The van der Waals surface area contributed by atoms with Crippen LogP contribution in [-0.2, 0) is 6.18 Å². The molecule has 0 saturated heterocycles. The fourth-order valence-corrected chi connectivity index (χ4v) is 3.35. The van der Waals surface area contributed by atoms with Gasteiger partial charge in [-0.25, -0.2) is 9.97 Å². The van der Waals surface area contributed by atoms with Gasteiger partial charge in [0.2, 0.25) is 0 Å². The summed E-state index contributed by atoms with van der Waals surface area (Å²) in [5.74, 6) is 0.141. The van der Waals surface area contributed by atoms with E-state index >= 15 is 0 Å². The topological polar surface area (TPSA) is 64.3 Å². The van der Waals surface area contributed by atoms with Crippen LogP contribution in [0, 0.1) is 0 Å². The number of hydrogen-bond donors (Lipinski definition) is 1. The molecule has 29 heavy (non-hydrogen) atoms. The van der Waals surface area contributed by atoms with E-state index in [1.54, 1.807) is 5.38 Å². The maximum Gasteiger partial charge on any atom is 0.435 e. The second kappa shape index (κ2) is 7.28. The van der Waals surface area contributed by atoms with Crippen molar-refractivity contribution in [1.82, 2.24) is 19.4 Å². The van der Waals surface area contributed by atoms with Crippen molar-refractivity contribution < 1.29 is 26.7 Å². The number of halogens is 5. The fraction of sp³-hybridized carbons (Fsp3) is 0.118. The van der Waals surface area contributed by atoms with E-state index in [0.717, 1.165) is 11.3 Å². The highest BCUT2D eigenvalue weighted by atomic mass is 32.1. The van der Waals surface area contributed by atoms with Crippen LogP contribution in [0.25, 0.3) is 16.3 Å². The van der Waals surface area contributed by atoms with E-state index in [9.17, 15) is 22.0 Å². The lowest BCUT2D eigenvalue weighted by molar-refractivity contribution is -0.140. The standard InChI is InChI=1S/C17H10F5N5OS/c18-15(19)28-10-3-1-9(2-4-10)24-12-8-23-7-11(25-12)13-14(17(20,21)22)26-16-27(13)5-6-29-16/h1-8,15H,(H,24,25). The molecule has 1 N–H and O–H groups in total. The first kappa shape index (κ1) is 19.1. The molecular formula is C17H10F5N5OS. The molecule has 0 spiro atoms. The zero-order valence-corrected chi connectivity index (χ0v) is 15.0. The third-order valence-corrected chi connectivity index (χ3v) is 4.52. The van der Waals surface area contributed by atoms with Crippen molar-refractivity contribution in [1.29, 1.82) is 0 Å². The highest BCUT2D eigenvalue weighted by Gasteiger charge is 2.39. The number of thiazole rings is 1. The summed E-state index contributed by atoms with van der Waals surface area (Å²) in [6, 6.07) is 5.56. The smallest absolute Gasteiger partial charge is 0.435 e. The Kier molecular flexibility index (Phi) is 4.78. The van der Waals surface area contributed by atoms with Gasteiger partial charge in [-0.2, -0.15) is 22.0 Å². The molecular weight excluding hydrogens is 417 g/mol. The van der Waals surface area contributed by atoms with Gasteiger partial charge in [-0.1, -0.05) is 0 Å². The second-order valence-electron chi connectivity index (χ2n) is 5.68. The van der Waals surface area contributed by atoms with Gasteiger partial charge in [0, 0.05) is 17.3 Å². The third kappa shape index (κ3) is 3.97. The number of nitrogens with zero attached hydrogens (tertiary/aromatic N) is 4. The van der Waals surface area contributed by atoms with E-state index in [0.29, 0.717) is 5.69 Å². The first-order valence-electron chi connectivity index (χ1n) is 7.98. The van der Waals surface area contributed by atoms with E-state index in [2.05, 4.69) is 25.0 Å². The number of nitrogens with one attached hydrogen (secondary N) is 1. The number of fused-ring (bicyclic) bond motifs is 1. The van der Waals surface area contributed by atoms with Crippen molar-refractivity contribution in [3.63, 3.8) is 0 Å². The molecule has 4 aromatic rings. The largest absolute Gasteiger partial charge is 0.435 e. The Balaban J connectivity index is 1.66. The van der Waals surface area contributed by atoms with Crippen molar-refractivity contribution in [2.24, 2.45) is 0 Å². The van der Waals surface area contributed by atoms with Gasteiger partial charge in [-0.05, 0) is 24.3 Å². The fourth-order valence-electron chi connectivity index (χ4n) is 2.64. The van der Waals surface area contributed by atoms with Crippen LogP contribution in [0.2, 0.25) is 0 Å². The minimum atomic E-state index is -4.66. The molecule has 4 rings (SSSR count). The van der Waals surface area contributed by atoms with Gasteiger partial charge in [0.1, 0.15) is 23.0 Å². The van der Waals surface area contributed by atoms with Crippen molar-refractivity contribution in [2.75, 3.05) is 5.32 Å². The van der Waals surface area contributed by atoms with Crippen LogP contribution in [0.15, 0.2) is 48.2 Å². The molecule has 3 aromatic heterocycles. The minimum Gasteiger partial charge on any atom is -0.435 e. The number of anilines is 2. The molecule has 0 amide bonds. The summed E-state index contributed by atoms with van der Waals surface area (Å²) in [6.07, 6.45) is -0.652. The maximum absolute atomic E-state index is 13.4. The molecule has 12 heteroatoms. The van der Waals surface area contributed by atoms with Gasteiger partial charge >= 0.3 is 12.8 Å². The summed E-state index contributed by atoms with van der Waals surface area (Å²) in [5, 5.41) is 4.48. The number of aromatic nitrogens is 4. The molecule has 0 fully saturated rings. The molecule has 0 bridgehead atoms. The predicted octanol–water partition coefficient (Wildman–Crippen LogP) is 5.22. The number of imidazole rings is 1. The molecule has 0 saturated carbocycles. The van der Waals surface area contributed by atoms with Gasteiger partial charge < -0.3 is 10.1 Å². The molecule has 0 radical (unpaired) electrons. The van der Waals surface area contributed by atoms with Crippen LogP contribution >= 0.6 is 11.3 Å². The first-order chi connectivity index (χ1) is 13.8. The molecule has 0 aliphatic heterocycles. The Hall–Kier alpha value is -3.28. The monoisotopic (exact) mass is 427 g/mol. The van der Waals surface area contributed by atoms with Crippen LogP contribution in [0.3, 0.4) is 0 Å². The summed E-state index contributed by atoms with van der Waals surface area (Å²) in [7, 11) is 0. The summed E-state index contributed by atoms with van der Waals surface area (Å²) >= 11 is 1.07. The van der Waals surface area contributed by atoms with Crippen LogP contribution < -0.4 is 10.1 Å². The lowest BCUT2D eigenvalue weighted by Gasteiger charge is -2.10. The van der Waals surface area contributed by atoms with E-state index in [1.165, 1.54) is 47.3 Å². The predicted molar refractivity (Wildman–Crippen MR) is 95.5 cm³/mol. The lowest BCUT2D eigenvalue weighted by Crippen LogP contribution is -2.09. The van der Waals surface area contributed by atoms with Gasteiger partial charge in [0.15, 0.2) is 10.7 Å². The van der Waals surface area contributed by atoms with Crippen molar-refractivity contribution in [2.45, 2.75) is 12.8 Å². The van der Waals surface area contributed by atoms with Crippen LogP contribution in [0.1, 0.15) is 5.69 Å². The summed E-state index contributed by atoms with van der Waals surface area (Å²) in [4.78, 5) is 12.0. The molecule has 0 unspecified atom stereocenters. The Morgan fingerprint density at radius 1 is 1.07 bits per heavy atom. The summed E-state index contributed by atoms with van der Waals surface area (Å²) in [6.45, 7) is -2.94. The quantitative estimate of drug-likeness (QED) is 0.443. The van der Waals surface area contributed by atoms with Gasteiger partial charge in [0.05, 0.1) is 12.4 Å². The minimum absolute atomic E-state index is 0.0223.